The van der Waals surface area contributed by atoms with E-state index in [0.717, 1.165) is 46.1 Å². The van der Waals surface area contributed by atoms with Gasteiger partial charge in [-0.15, -0.1) is 0 Å². The van der Waals surface area contributed by atoms with Gasteiger partial charge in [-0.2, -0.15) is 0 Å². The SMILES string of the molecule is COc1ccc(OC)c(C2=CC(=O)C[C@H](c3ccc4c(c3)OCO4)C2)c1. The third-order valence-corrected chi connectivity index (χ3v) is 4.87. The van der Waals surface area contributed by atoms with Gasteiger partial charge in [-0.25, -0.2) is 0 Å². The lowest BCUT2D eigenvalue weighted by Gasteiger charge is -2.24. The lowest BCUT2D eigenvalue weighted by atomic mass is 9.80. The number of ether oxygens (including phenoxy) is 4. The summed E-state index contributed by atoms with van der Waals surface area (Å²) in [5, 5.41) is 0. The number of allylic oxidation sites excluding steroid dienone is 2. The minimum absolute atomic E-state index is 0.0907. The fourth-order valence-electron chi connectivity index (χ4n) is 3.55. The van der Waals surface area contributed by atoms with Crippen LogP contribution in [0.2, 0.25) is 0 Å². The first-order valence-electron chi connectivity index (χ1n) is 8.53. The highest BCUT2D eigenvalue weighted by Gasteiger charge is 2.26. The van der Waals surface area contributed by atoms with E-state index in [-0.39, 0.29) is 18.5 Å². The van der Waals surface area contributed by atoms with Gasteiger partial charge in [0.05, 0.1) is 14.2 Å². The average molecular weight is 352 g/mol. The summed E-state index contributed by atoms with van der Waals surface area (Å²) in [6, 6.07) is 11.5. The topological polar surface area (TPSA) is 54.0 Å². The van der Waals surface area contributed by atoms with Crippen LogP contribution >= 0.6 is 0 Å². The van der Waals surface area contributed by atoms with Crippen molar-refractivity contribution in [3.63, 3.8) is 0 Å². The van der Waals surface area contributed by atoms with Gasteiger partial charge in [0, 0.05) is 12.0 Å². The number of carbonyl (C=O) groups is 1. The fourth-order valence-corrected chi connectivity index (χ4v) is 3.55. The van der Waals surface area contributed by atoms with Crippen LogP contribution in [0.1, 0.15) is 29.9 Å². The summed E-state index contributed by atoms with van der Waals surface area (Å²) in [4.78, 5) is 12.4. The molecule has 0 spiro atoms. The summed E-state index contributed by atoms with van der Waals surface area (Å²) >= 11 is 0. The van der Waals surface area contributed by atoms with E-state index in [1.54, 1.807) is 20.3 Å². The molecular weight excluding hydrogens is 332 g/mol. The monoisotopic (exact) mass is 352 g/mol. The molecule has 0 bridgehead atoms. The summed E-state index contributed by atoms with van der Waals surface area (Å²) in [7, 11) is 3.26. The van der Waals surface area contributed by atoms with Crippen LogP contribution in [0.3, 0.4) is 0 Å². The summed E-state index contributed by atoms with van der Waals surface area (Å²) < 4.78 is 21.7. The predicted octanol–water partition coefficient (Wildman–Crippen LogP) is 3.96. The summed E-state index contributed by atoms with van der Waals surface area (Å²) in [5.74, 6) is 3.16. The van der Waals surface area contributed by atoms with E-state index < -0.39 is 0 Å². The van der Waals surface area contributed by atoms with Crippen molar-refractivity contribution in [2.75, 3.05) is 21.0 Å². The van der Waals surface area contributed by atoms with Crippen molar-refractivity contribution < 1.29 is 23.7 Å². The average Bonchev–Trinajstić information content (AvgIpc) is 3.14. The van der Waals surface area contributed by atoms with Crippen molar-refractivity contribution in [2.24, 2.45) is 0 Å². The minimum atomic E-state index is 0.0907. The van der Waals surface area contributed by atoms with Crippen LogP contribution in [-0.2, 0) is 4.79 Å². The van der Waals surface area contributed by atoms with E-state index in [0.29, 0.717) is 6.42 Å². The Morgan fingerprint density at radius 1 is 0.962 bits per heavy atom. The van der Waals surface area contributed by atoms with Crippen molar-refractivity contribution in [1.29, 1.82) is 0 Å². The number of carbonyl (C=O) groups excluding carboxylic acids is 1. The molecule has 0 fully saturated rings. The minimum Gasteiger partial charge on any atom is -0.497 e. The van der Waals surface area contributed by atoms with Gasteiger partial charge in [0.25, 0.3) is 0 Å². The zero-order chi connectivity index (χ0) is 18.1. The molecule has 0 aromatic heterocycles. The van der Waals surface area contributed by atoms with Crippen LogP contribution in [0.25, 0.3) is 5.57 Å². The molecule has 0 N–H and O–H groups in total. The number of methoxy groups -OCH3 is 2. The summed E-state index contributed by atoms with van der Waals surface area (Å²) in [6.07, 6.45) is 2.95. The second-order valence-corrected chi connectivity index (χ2v) is 6.42. The third-order valence-electron chi connectivity index (χ3n) is 4.87. The van der Waals surface area contributed by atoms with Crippen LogP contribution in [0.15, 0.2) is 42.5 Å². The number of rotatable bonds is 4. The summed E-state index contributed by atoms with van der Waals surface area (Å²) in [5.41, 5.74) is 2.93. The van der Waals surface area contributed by atoms with E-state index in [2.05, 4.69) is 0 Å². The van der Waals surface area contributed by atoms with Crippen LogP contribution in [0.4, 0.5) is 0 Å². The molecule has 1 aliphatic carbocycles. The van der Waals surface area contributed by atoms with Gasteiger partial charge in [0.2, 0.25) is 6.79 Å². The molecule has 0 unspecified atom stereocenters. The molecule has 134 valence electrons. The van der Waals surface area contributed by atoms with Gasteiger partial charge in [-0.05, 0) is 59.9 Å². The second-order valence-electron chi connectivity index (χ2n) is 6.42. The lowest BCUT2D eigenvalue weighted by Crippen LogP contribution is -2.13. The molecule has 0 saturated carbocycles. The second kappa shape index (κ2) is 6.75. The predicted molar refractivity (Wildman–Crippen MR) is 97.1 cm³/mol. The van der Waals surface area contributed by atoms with Crippen molar-refractivity contribution in [2.45, 2.75) is 18.8 Å². The first-order valence-corrected chi connectivity index (χ1v) is 8.53. The van der Waals surface area contributed by atoms with Crippen molar-refractivity contribution in [3.05, 3.63) is 53.6 Å². The molecule has 0 amide bonds. The highest BCUT2D eigenvalue weighted by atomic mass is 16.7. The highest BCUT2D eigenvalue weighted by Crippen LogP contribution is 2.42. The van der Waals surface area contributed by atoms with Crippen molar-refractivity contribution in [3.8, 4) is 23.0 Å². The molecule has 5 heteroatoms. The zero-order valence-electron chi connectivity index (χ0n) is 14.8. The highest BCUT2D eigenvalue weighted by molar-refractivity contribution is 6.00. The van der Waals surface area contributed by atoms with Crippen molar-refractivity contribution in [1.82, 2.24) is 0 Å². The van der Waals surface area contributed by atoms with Crippen LogP contribution in [-0.4, -0.2) is 26.8 Å². The van der Waals surface area contributed by atoms with Gasteiger partial charge in [-0.3, -0.25) is 4.79 Å². The Morgan fingerprint density at radius 3 is 2.62 bits per heavy atom. The molecule has 1 heterocycles. The van der Waals surface area contributed by atoms with E-state index in [9.17, 15) is 4.79 Å². The molecule has 1 aliphatic heterocycles. The van der Waals surface area contributed by atoms with Gasteiger partial charge >= 0.3 is 0 Å². The molecule has 1 atom stereocenters. The molecular formula is C21H20O5. The molecule has 5 nitrogen and oxygen atoms in total. The lowest BCUT2D eigenvalue weighted by molar-refractivity contribution is -0.115. The van der Waals surface area contributed by atoms with Crippen LogP contribution < -0.4 is 18.9 Å². The Morgan fingerprint density at radius 2 is 1.81 bits per heavy atom. The molecule has 0 saturated heterocycles. The van der Waals surface area contributed by atoms with Gasteiger partial charge in [-0.1, -0.05) is 6.07 Å². The normalized spacial score (nSPS) is 18.5. The van der Waals surface area contributed by atoms with Crippen LogP contribution in [0, 0.1) is 0 Å². The molecule has 2 aromatic rings. The molecule has 26 heavy (non-hydrogen) atoms. The van der Waals surface area contributed by atoms with Crippen LogP contribution in [0.5, 0.6) is 23.0 Å². The maximum Gasteiger partial charge on any atom is 0.231 e. The van der Waals surface area contributed by atoms with E-state index in [4.69, 9.17) is 18.9 Å². The smallest absolute Gasteiger partial charge is 0.231 e. The maximum atomic E-state index is 12.4. The Labute approximate surface area is 152 Å². The fraction of sp³-hybridized carbons (Fsp3) is 0.286. The number of hydrogen-bond acceptors (Lipinski definition) is 5. The number of hydrogen-bond donors (Lipinski definition) is 0. The Bertz CT molecular complexity index is 884. The van der Waals surface area contributed by atoms with Crippen molar-refractivity contribution >= 4 is 11.4 Å². The Hall–Kier alpha value is -2.95. The number of fused-ring (bicyclic) bond motifs is 1. The Balaban J connectivity index is 1.68. The van der Waals surface area contributed by atoms with Gasteiger partial charge < -0.3 is 18.9 Å². The summed E-state index contributed by atoms with van der Waals surface area (Å²) in [6.45, 7) is 0.245. The molecule has 0 radical (unpaired) electrons. The Kier molecular flexibility index (Phi) is 4.29. The zero-order valence-corrected chi connectivity index (χ0v) is 14.8. The van der Waals surface area contributed by atoms with E-state index in [1.165, 1.54) is 0 Å². The van der Waals surface area contributed by atoms with Gasteiger partial charge in [0.1, 0.15) is 11.5 Å². The van der Waals surface area contributed by atoms with E-state index >= 15 is 0 Å². The molecule has 2 aromatic carbocycles. The largest absolute Gasteiger partial charge is 0.497 e. The maximum absolute atomic E-state index is 12.4. The third kappa shape index (κ3) is 3.01. The number of benzene rings is 2. The number of ketones is 1. The standard InChI is InChI=1S/C21H20O5/c1-23-17-4-6-19(24-2)18(11-17)15-7-14(8-16(22)9-15)13-3-5-20-21(10-13)26-12-25-20/h3-6,9-11,14H,7-8,12H2,1-2H3/t14-/m1/s1. The molecule has 4 rings (SSSR count). The first kappa shape index (κ1) is 16.5. The molecule has 2 aliphatic rings. The van der Waals surface area contributed by atoms with E-state index in [1.807, 2.05) is 36.4 Å². The quantitative estimate of drug-likeness (QED) is 0.834. The first-order chi connectivity index (χ1) is 12.7. The van der Waals surface area contributed by atoms with Gasteiger partial charge in [0.15, 0.2) is 17.3 Å².